The van der Waals surface area contributed by atoms with E-state index in [-0.39, 0.29) is 17.8 Å². The Kier molecular flexibility index (Phi) is 5.48. The van der Waals surface area contributed by atoms with Gasteiger partial charge in [-0.3, -0.25) is 4.79 Å². The fraction of sp³-hybridized carbons (Fsp3) is 0.462. The maximum atomic E-state index is 13.1. The smallest absolute Gasteiger partial charge is 0.251 e. The topological polar surface area (TPSA) is 29.1 Å². The van der Waals surface area contributed by atoms with Gasteiger partial charge >= 0.3 is 0 Å². The first-order chi connectivity index (χ1) is 8.08. The number of benzene rings is 1. The molecule has 0 bridgehead atoms. The summed E-state index contributed by atoms with van der Waals surface area (Å²) in [5.41, 5.74) is 1.01. The molecule has 0 aliphatic heterocycles. The van der Waals surface area contributed by atoms with Crippen LogP contribution in [0.15, 0.2) is 18.2 Å². The predicted octanol–water partition coefficient (Wildman–Crippen LogP) is 3.01. The molecule has 1 amide bonds. The van der Waals surface area contributed by atoms with E-state index in [0.717, 1.165) is 12.2 Å². The Morgan fingerprint density at radius 1 is 1.53 bits per heavy atom. The lowest BCUT2D eigenvalue weighted by molar-refractivity contribution is 0.0940. The molecule has 1 aromatic rings. The zero-order valence-electron chi connectivity index (χ0n) is 10.4. The standard InChI is InChI=1S/C13H18FNOS/c1-4-11(8-17-3)15-13(16)10-5-6-12(14)9(2)7-10/h5-7,11H,4,8H2,1-3H3,(H,15,16). The number of aryl methyl sites for hydroxylation is 1. The van der Waals surface area contributed by atoms with Crippen molar-refractivity contribution < 1.29 is 9.18 Å². The van der Waals surface area contributed by atoms with Crippen LogP contribution in [0.4, 0.5) is 4.39 Å². The van der Waals surface area contributed by atoms with Crippen molar-refractivity contribution in [2.24, 2.45) is 0 Å². The van der Waals surface area contributed by atoms with Gasteiger partial charge in [0.15, 0.2) is 0 Å². The minimum absolute atomic E-state index is 0.131. The van der Waals surface area contributed by atoms with Gasteiger partial charge in [0.05, 0.1) is 0 Å². The minimum Gasteiger partial charge on any atom is -0.348 e. The second-order valence-corrected chi connectivity index (χ2v) is 4.91. The quantitative estimate of drug-likeness (QED) is 0.876. The van der Waals surface area contributed by atoms with E-state index in [4.69, 9.17) is 0 Å². The van der Waals surface area contributed by atoms with Crippen LogP contribution in [0.2, 0.25) is 0 Å². The van der Waals surface area contributed by atoms with Crippen LogP contribution >= 0.6 is 11.8 Å². The summed E-state index contributed by atoms with van der Waals surface area (Å²) in [7, 11) is 0. The van der Waals surface area contributed by atoms with E-state index in [2.05, 4.69) is 5.32 Å². The van der Waals surface area contributed by atoms with E-state index in [9.17, 15) is 9.18 Å². The van der Waals surface area contributed by atoms with Gasteiger partial charge in [-0.25, -0.2) is 4.39 Å². The number of carbonyl (C=O) groups excluding carboxylic acids is 1. The zero-order valence-corrected chi connectivity index (χ0v) is 11.2. The number of nitrogens with one attached hydrogen (secondary N) is 1. The van der Waals surface area contributed by atoms with Crippen molar-refractivity contribution in [1.82, 2.24) is 5.32 Å². The molecule has 1 rings (SSSR count). The summed E-state index contributed by atoms with van der Waals surface area (Å²) in [6, 6.07) is 4.60. The second kappa shape index (κ2) is 6.64. The third kappa shape index (κ3) is 4.04. The number of thioether (sulfide) groups is 1. The normalized spacial score (nSPS) is 12.2. The second-order valence-electron chi connectivity index (χ2n) is 4.00. The maximum Gasteiger partial charge on any atom is 0.251 e. The largest absolute Gasteiger partial charge is 0.348 e. The molecule has 0 saturated carbocycles. The van der Waals surface area contributed by atoms with Crippen LogP contribution in [-0.4, -0.2) is 24.0 Å². The molecule has 1 unspecified atom stereocenters. The summed E-state index contributed by atoms with van der Waals surface area (Å²) in [6.45, 7) is 3.70. The number of carbonyl (C=O) groups is 1. The van der Waals surface area contributed by atoms with Crippen molar-refractivity contribution in [2.45, 2.75) is 26.3 Å². The maximum absolute atomic E-state index is 13.1. The Bertz CT molecular complexity index is 395. The lowest BCUT2D eigenvalue weighted by atomic mass is 10.1. The molecule has 1 N–H and O–H groups in total. The van der Waals surface area contributed by atoms with E-state index in [1.807, 2.05) is 13.2 Å². The molecule has 0 spiro atoms. The summed E-state index contributed by atoms with van der Waals surface area (Å²) in [5, 5.41) is 2.95. The van der Waals surface area contributed by atoms with Crippen molar-refractivity contribution in [3.05, 3.63) is 35.1 Å². The fourth-order valence-corrected chi connectivity index (χ4v) is 2.24. The summed E-state index contributed by atoms with van der Waals surface area (Å²) in [6.07, 6.45) is 2.91. The van der Waals surface area contributed by atoms with Gasteiger partial charge in [-0.05, 0) is 43.4 Å². The highest BCUT2D eigenvalue weighted by molar-refractivity contribution is 7.98. The molecule has 0 fully saturated rings. The van der Waals surface area contributed by atoms with Gasteiger partial charge in [-0.15, -0.1) is 0 Å². The van der Waals surface area contributed by atoms with E-state index in [1.165, 1.54) is 12.1 Å². The summed E-state index contributed by atoms with van der Waals surface area (Å²) in [5.74, 6) is 0.481. The molecule has 0 aromatic heterocycles. The molecular weight excluding hydrogens is 237 g/mol. The van der Waals surface area contributed by atoms with Crippen molar-refractivity contribution in [2.75, 3.05) is 12.0 Å². The molecular formula is C13H18FNOS. The Morgan fingerprint density at radius 2 is 2.24 bits per heavy atom. The number of halogens is 1. The number of amides is 1. The van der Waals surface area contributed by atoms with Crippen LogP contribution < -0.4 is 5.32 Å². The first-order valence-electron chi connectivity index (χ1n) is 5.64. The predicted molar refractivity (Wildman–Crippen MR) is 71.1 cm³/mol. The van der Waals surface area contributed by atoms with Gasteiger partial charge in [-0.1, -0.05) is 6.92 Å². The lowest BCUT2D eigenvalue weighted by Gasteiger charge is -2.15. The number of rotatable bonds is 5. The molecule has 0 aliphatic carbocycles. The number of hydrogen-bond donors (Lipinski definition) is 1. The molecule has 17 heavy (non-hydrogen) atoms. The Morgan fingerprint density at radius 3 is 2.76 bits per heavy atom. The van der Waals surface area contributed by atoms with E-state index in [1.54, 1.807) is 24.8 Å². The highest BCUT2D eigenvalue weighted by Gasteiger charge is 2.12. The molecule has 1 aromatic carbocycles. The first kappa shape index (κ1) is 14.0. The van der Waals surface area contributed by atoms with Crippen LogP contribution in [0.3, 0.4) is 0 Å². The van der Waals surface area contributed by atoms with Crippen molar-refractivity contribution in [1.29, 1.82) is 0 Å². The van der Waals surface area contributed by atoms with E-state index < -0.39 is 0 Å². The minimum atomic E-state index is -0.280. The van der Waals surface area contributed by atoms with Crippen molar-refractivity contribution in [3.63, 3.8) is 0 Å². The third-order valence-corrected chi connectivity index (χ3v) is 3.35. The Balaban J connectivity index is 2.72. The van der Waals surface area contributed by atoms with E-state index in [0.29, 0.717) is 11.1 Å². The van der Waals surface area contributed by atoms with Crippen molar-refractivity contribution >= 4 is 17.7 Å². The van der Waals surface area contributed by atoms with E-state index >= 15 is 0 Å². The van der Waals surface area contributed by atoms with Crippen LogP contribution in [0.1, 0.15) is 29.3 Å². The zero-order chi connectivity index (χ0) is 12.8. The molecule has 0 saturated heterocycles. The highest BCUT2D eigenvalue weighted by atomic mass is 32.2. The summed E-state index contributed by atoms with van der Waals surface area (Å²) in [4.78, 5) is 11.9. The SMILES string of the molecule is CCC(CSC)NC(=O)c1ccc(F)c(C)c1. The van der Waals surface area contributed by atoms with Gasteiger partial charge in [0.25, 0.3) is 5.91 Å². The van der Waals surface area contributed by atoms with Crippen LogP contribution in [0, 0.1) is 12.7 Å². The monoisotopic (exact) mass is 255 g/mol. The van der Waals surface area contributed by atoms with Gasteiger partial charge in [-0.2, -0.15) is 11.8 Å². The Hall–Kier alpha value is -1.03. The molecule has 4 heteroatoms. The molecule has 0 heterocycles. The lowest BCUT2D eigenvalue weighted by Crippen LogP contribution is -2.36. The van der Waals surface area contributed by atoms with Crippen LogP contribution in [-0.2, 0) is 0 Å². The summed E-state index contributed by atoms with van der Waals surface area (Å²) >= 11 is 1.70. The molecule has 0 aliphatic rings. The fourth-order valence-electron chi connectivity index (χ4n) is 1.52. The molecule has 2 nitrogen and oxygen atoms in total. The van der Waals surface area contributed by atoms with Crippen molar-refractivity contribution in [3.8, 4) is 0 Å². The molecule has 1 atom stereocenters. The molecule has 94 valence electrons. The number of hydrogen-bond acceptors (Lipinski definition) is 2. The van der Waals surface area contributed by atoms with Gasteiger partial charge in [0.2, 0.25) is 0 Å². The van der Waals surface area contributed by atoms with Crippen LogP contribution in [0.25, 0.3) is 0 Å². The van der Waals surface area contributed by atoms with Gasteiger partial charge in [0.1, 0.15) is 5.82 Å². The third-order valence-electron chi connectivity index (χ3n) is 2.62. The van der Waals surface area contributed by atoms with Gasteiger partial charge in [0, 0.05) is 17.4 Å². The first-order valence-corrected chi connectivity index (χ1v) is 7.03. The average molecular weight is 255 g/mol. The van der Waals surface area contributed by atoms with Gasteiger partial charge < -0.3 is 5.32 Å². The summed E-state index contributed by atoms with van der Waals surface area (Å²) < 4.78 is 13.1. The van der Waals surface area contributed by atoms with Crippen LogP contribution in [0.5, 0.6) is 0 Å². The average Bonchev–Trinajstić information content (AvgIpc) is 2.31. The molecule has 0 radical (unpaired) electrons. The Labute approximate surface area is 106 Å². The highest BCUT2D eigenvalue weighted by Crippen LogP contribution is 2.10.